The van der Waals surface area contributed by atoms with Crippen LogP contribution in [-0.2, 0) is 0 Å². The van der Waals surface area contributed by atoms with E-state index in [0.29, 0.717) is 46.4 Å². The number of nitrogens with one attached hydrogen (secondary N) is 2. The maximum atomic E-state index is 12.2. The van der Waals surface area contributed by atoms with Gasteiger partial charge in [0.1, 0.15) is 17.1 Å². The lowest BCUT2D eigenvalue weighted by molar-refractivity contribution is 0.0697. The lowest BCUT2D eigenvalue weighted by atomic mass is 9.90. The molecule has 2 amide bonds. The molecule has 0 bridgehead atoms. The molecule has 1 aliphatic carbocycles. The third-order valence-corrected chi connectivity index (χ3v) is 5.62. The molecule has 2 aromatic carbocycles. The van der Waals surface area contributed by atoms with E-state index in [1.54, 1.807) is 24.3 Å². The Labute approximate surface area is 200 Å². The molecule has 0 aromatic heterocycles. The Morgan fingerprint density at radius 1 is 0.943 bits per heavy atom. The Bertz CT molecular complexity index is 1430. The predicted molar refractivity (Wildman–Crippen MR) is 133 cm³/mol. The number of nitrogens with two attached hydrogens (primary N) is 1. The predicted octanol–water partition coefficient (Wildman–Crippen LogP) is 4.22. The van der Waals surface area contributed by atoms with Crippen molar-refractivity contribution in [1.82, 2.24) is 5.32 Å². The number of carboxylic acid groups (broad SMARTS) is 1. The van der Waals surface area contributed by atoms with E-state index in [9.17, 15) is 24.6 Å². The van der Waals surface area contributed by atoms with E-state index in [1.807, 2.05) is 0 Å². The number of hydrogen-bond donors (Lipinski definition) is 5. The molecular formula is C26H25N3O6. The average molecular weight is 476 g/mol. The summed E-state index contributed by atoms with van der Waals surface area (Å²) in [4.78, 5) is 36.4. The summed E-state index contributed by atoms with van der Waals surface area (Å²) in [6, 6.07) is 13.0. The number of fused-ring (bicyclic) bond motifs is 2. The van der Waals surface area contributed by atoms with Gasteiger partial charge in [0, 0.05) is 40.9 Å². The number of carbonyl (C=O) groups is 2. The number of urea groups is 1. The molecule has 2 aliphatic rings. The number of rotatable bonds is 8. The Morgan fingerprint density at radius 2 is 1.74 bits per heavy atom. The van der Waals surface area contributed by atoms with Gasteiger partial charge in [-0.2, -0.15) is 0 Å². The van der Waals surface area contributed by atoms with E-state index < -0.39 is 12.0 Å². The van der Waals surface area contributed by atoms with E-state index in [4.69, 9.17) is 10.2 Å². The molecule has 9 heteroatoms. The van der Waals surface area contributed by atoms with Gasteiger partial charge in [0.05, 0.1) is 5.56 Å². The highest BCUT2D eigenvalue weighted by atomic mass is 16.4. The third kappa shape index (κ3) is 5.25. The quantitative estimate of drug-likeness (QED) is 0.189. The molecule has 1 aliphatic heterocycles. The average Bonchev–Trinajstić information content (AvgIpc) is 2.82. The summed E-state index contributed by atoms with van der Waals surface area (Å²) in [6.07, 6.45) is 2.59. The van der Waals surface area contributed by atoms with Crippen molar-refractivity contribution in [1.29, 1.82) is 0 Å². The second kappa shape index (κ2) is 10.3. The fourth-order valence-electron chi connectivity index (χ4n) is 3.99. The summed E-state index contributed by atoms with van der Waals surface area (Å²) < 4.78 is 5.83. The van der Waals surface area contributed by atoms with Crippen LogP contribution in [0.2, 0.25) is 0 Å². The van der Waals surface area contributed by atoms with Crippen LogP contribution in [0.15, 0.2) is 63.8 Å². The van der Waals surface area contributed by atoms with Crippen LogP contribution in [0.25, 0.3) is 33.4 Å². The smallest absolute Gasteiger partial charge is 0.336 e. The molecule has 0 saturated heterocycles. The van der Waals surface area contributed by atoms with Crippen LogP contribution in [0.4, 0.5) is 10.5 Å². The molecule has 0 unspecified atom stereocenters. The zero-order valence-electron chi connectivity index (χ0n) is 18.8. The van der Waals surface area contributed by atoms with Crippen LogP contribution < -0.4 is 21.8 Å². The Kier molecular flexibility index (Phi) is 6.98. The largest absolute Gasteiger partial charge is 0.508 e. The summed E-state index contributed by atoms with van der Waals surface area (Å²) in [7, 11) is 0. The molecule has 35 heavy (non-hydrogen) atoms. The first-order valence-corrected chi connectivity index (χ1v) is 11.2. The Morgan fingerprint density at radius 3 is 2.51 bits per heavy atom. The van der Waals surface area contributed by atoms with E-state index in [-0.39, 0.29) is 22.5 Å². The van der Waals surface area contributed by atoms with E-state index in [2.05, 4.69) is 10.6 Å². The summed E-state index contributed by atoms with van der Waals surface area (Å²) in [5.41, 5.74) is 7.22. The minimum absolute atomic E-state index is 0.0307. The second-order valence-corrected chi connectivity index (χ2v) is 8.11. The van der Waals surface area contributed by atoms with Crippen LogP contribution in [-0.4, -0.2) is 35.3 Å². The molecule has 0 spiro atoms. The zero-order valence-corrected chi connectivity index (χ0v) is 18.8. The highest BCUT2D eigenvalue weighted by molar-refractivity contribution is 6.08. The van der Waals surface area contributed by atoms with Gasteiger partial charge < -0.3 is 31.0 Å². The van der Waals surface area contributed by atoms with Crippen LogP contribution in [0.1, 0.15) is 29.6 Å². The van der Waals surface area contributed by atoms with Crippen molar-refractivity contribution < 1.29 is 24.2 Å². The summed E-state index contributed by atoms with van der Waals surface area (Å²) in [5.74, 6) is -0.956. The van der Waals surface area contributed by atoms with Gasteiger partial charge in [-0.25, -0.2) is 9.59 Å². The van der Waals surface area contributed by atoms with Crippen molar-refractivity contribution >= 4 is 28.7 Å². The topological polar surface area (TPSA) is 155 Å². The number of hydrogen-bond acceptors (Lipinski definition) is 6. The number of anilines is 1. The van der Waals surface area contributed by atoms with Crippen LogP contribution in [0, 0.1) is 0 Å². The number of phenolic OH excluding ortho intramolecular Hbond substituents is 1. The molecule has 0 fully saturated rings. The first-order chi connectivity index (χ1) is 16.9. The minimum Gasteiger partial charge on any atom is -0.508 e. The second-order valence-electron chi connectivity index (χ2n) is 8.11. The number of carbonyl (C=O) groups excluding carboxylic acids is 1. The molecule has 4 rings (SSSR count). The minimum atomic E-state index is -1.19. The monoisotopic (exact) mass is 475 g/mol. The number of amides is 2. The van der Waals surface area contributed by atoms with Gasteiger partial charge in [0.2, 0.25) is 0 Å². The number of aromatic hydroxyl groups is 1. The summed E-state index contributed by atoms with van der Waals surface area (Å²) >= 11 is 0. The van der Waals surface area contributed by atoms with Crippen molar-refractivity contribution in [3.8, 4) is 28.2 Å². The van der Waals surface area contributed by atoms with Crippen molar-refractivity contribution in [2.45, 2.75) is 19.3 Å². The zero-order chi connectivity index (χ0) is 24.9. The van der Waals surface area contributed by atoms with Gasteiger partial charge in [0.15, 0.2) is 5.43 Å². The van der Waals surface area contributed by atoms with E-state index in [0.717, 1.165) is 19.3 Å². The summed E-state index contributed by atoms with van der Waals surface area (Å²) in [5, 5.41) is 25.9. The lowest BCUT2D eigenvalue weighted by Crippen LogP contribution is -2.29. The number of carboxylic acids is 1. The molecule has 180 valence electrons. The fraction of sp³-hybridized carbons (Fsp3) is 0.192. The first kappa shape index (κ1) is 23.8. The third-order valence-electron chi connectivity index (χ3n) is 5.62. The van der Waals surface area contributed by atoms with E-state index >= 15 is 0 Å². The van der Waals surface area contributed by atoms with Gasteiger partial charge in [-0.1, -0.05) is 12.5 Å². The number of aromatic carboxylic acids is 1. The van der Waals surface area contributed by atoms with Gasteiger partial charge in [-0.05, 0) is 61.3 Å². The van der Waals surface area contributed by atoms with Gasteiger partial charge >= 0.3 is 12.0 Å². The van der Waals surface area contributed by atoms with Gasteiger partial charge in [0.25, 0.3) is 0 Å². The highest BCUT2D eigenvalue weighted by Gasteiger charge is 2.22. The fourth-order valence-corrected chi connectivity index (χ4v) is 3.99. The Balaban J connectivity index is 1.74. The molecule has 2 aromatic rings. The van der Waals surface area contributed by atoms with Crippen LogP contribution in [0.5, 0.6) is 5.75 Å². The molecule has 9 nitrogen and oxygen atoms in total. The Hall–Kier alpha value is -4.37. The van der Waals surface area contributed by atoms with Gasteiger partial charge in [-0.3, -0.25) is 4.79 Å². The molecule has 0 radical (unpaired) electrons. The maximum absolute atomic E-state index is 12.2. The molecule has 1 heterocycles. The number of benzene rings is 3. The molecule has 0 saturated carbocycles. The summed E-state index contributed by atoms with van der Waals surface area (Å²) in [6.45, 7) is 1.09. The first-order valence-electron chi connectivity index (χ1n) is 11.2. The number of unbranched alkanes of at least 4 members (excludes halogenated alkanes) is 2. The molecular weight excluding hydrogens is 450 g/mol. The molecule has 0 atom stereocenters. The SMILES string of the molecule is NCCCCCNC(=O)Nc1ccc(-c2c3ccc(=O)cc-3oc3cc(O)ccc23)c(C(=O)O)c1. The normalized spacial score (nSPS) is 11.0. The van der Waals surface area contributed by atoms with Crippen molar-refractivity contribution in [3.05, 3.63) is 70.4 Å². The van der Waals surface area contributed by atoms with Gasteiger partial charge in [-0.15, -0.1) is 0 Å². The van der Waals surface area contributed by atoms with Crippen molar-refractivity contribution in [3.63, 3.8) is 0 Å². The van der Waals surface area contributed by atoms with Crippen molar-refractivity contribution in [2.24, 2.45) is 5.73 Å². The number of phenols is 1. The maximum Gasteiger partial charge on any atom is 0.336 e. The lowest BCUT2D eigenvalue weighted by Gasteiger charge is -2.17. The van der Waals surface area contributed by atoms with Crippen LogP contribution >= 0.6 is 0 Å². The van der Waals surface area contributed by atoms with Crippen molar-refractivity contribution in [2.75, 3.05) is 18.4 Å². The highest BCUT2D eigenvalue weighted by Crippen LogP contribution is 2.42. The molecule has 6 N–H and O–H groups in total. The van der Waals surface area contributed by atoms with E-state index in [1.165, 1.54) is 30.3 Å². The van der Waals surface area contributed by atoms with Crippen LogP contribution in [0.3, 0.4) is 0 Å². The standard InChI is InChI=1S/C26H25N3O6/c27-10-2-1-3-11-28-26(34)29-15-4-7-18(21(12-15)25(32)33)24-19-8-5-16(30)13-22(19)35-23-14-17(31)6-9-20(23)24/h4-9,12-14,30H,1-3,10-11,27H2,(H,32,33)(H2,28,29,34).